The number of benzene rings is 1. The SMILES string of the molecule is O=C(CNS(=O)(=O)c1cccc(Cl)c1)N1CCN(c2ccccn2)CC1. The predicted molar refractivity (Wildman–Crippen MR) is 99.7 cm³/mol. The van der Waals surface area contributed by atoms with Gasteiger partial charge in [-0.2, -0.15) is 0 Å². The van der Waals surface area contributed by atoms with Gasteiger partial charge in [0.15, 0.2) is 0 Å². The highest BCUT2D eigenvalue weighted by Gasteiger charge is 2.23. The summed E-state index contributed by atoms with van der Waals surface area (Å²) in [6.07, 6.45) is 1.73. The van der Waals surface area contributed by atoms with E-state index in [0.717, 1.165) is 5.82 Å². The van der Waals surface area contributed by atoms with Crippen LogP contribution in [-0.4, -0.2) is 56.9 Å². The van der Waals surface area contributed by atoms with Crippen molar-refractivity contribution in [3.05, 3.63) is 53.7 Å². The molecule has 138 valence electrons. The van der Waals surface area contributed by atoms with Gasteiger partial charge in [0.1, 0.15) is 5.82 Å². The van der Waals surface area contributed by atoms with Crippen LogP contribution in [0.5, 0.6) is 0 Å². The number of carbonyl (C=O) groups excluding carboxylic acids is 1. The molecule has 2 aromatic rings. The quantitative estimate of drug-likeness (QED) is 0.828. The molecule has 1 aromatic heterocycles. The second-order valence-corrected chi connectivity index (χ2v) is 8.04. The van der Waals surface area contributed by atoms with Gasteiger partial charge in [-0.1, -0.05) is 23.7 Å². The molecular weight excluding hydrogens is 376 g/mol. The first-order valence-electron chi connectivity index (χ1n) is 8.15. The molecular formula is C17H19ClN4O3S. The number of nitrogens with zero attached hydrogens (tertiary/aromatic N) is 3. The second-order valence-electron chi connectivity index (χ2n) is 5.84. The molecule has 9 heteroatoms. The Morgan fingerprint density at radius 1 is 1.12 bits per heavy atom. The first kappa shape index (κ1) is 18.6. The summed E-state index contributed by atoms with van der Waals surface area (Å²) in [5.74, 6) is 0.623. The average molecular weight is 395 g/mol. The van der Waals surface area contributed by atoms with Crippen LogP contribution in [0.15, 0.2) is 53.6 Å². The number of rotatable bonds is 5. The fourth-order valence-corrected chi connectivity index (χ4v) is 3.99. The van der Waals surface area contributed by atoms with Crippen molar-refractivity contribution in [1.82, 2.24) is 14.6 Å². The van der Waals surface area contributed by atoms with Crippen LogP contribution in [0.25, 0.3) is 0 Å². The molecule has 1 aliphatic rings. The smallest absolute Gasteiger partial charge is 0.241 e. The number of carbonyl (C=O) groups is 1. The molecule has 0 aliphatic carbocycles. The second kappa shape index (κ2) is 8.03. The highest BCUT2D eigenvalue weighted by atomic mass is 35.5. The molecule has 0 spiro atoms. The van der Waals surface area contributed by atoms with Crippen LogP contribution in [0.3, 0.4) is 0 Å². The number of halogens is 1. The molecule has 1 aliphatic heterocycles. The number of pyridine rings is 1. The van der Waals surface area contributed by atoms with E-state index < -0.39 is 10.0 Å². The minimum absolute atomic E-state index is 0.0396. The Labute approximate surface area is 157 Å². The number of piperazine rings is 1. The lowest BCUT2D eigenvalue weighted by Crippen LogP contribution is -2.51. The lowest BCUT2D eigenvalue weighted by atomic mass is 10.3. The van der Waals surface area contributed by atoms with E-state index >= 15 is 0 Å². The van der Waals surface area contributed by atoms with E-state index in [0.29, 0.717) is 31.2 Å². The Morgan fingerprint density at radius 3 is 2.54 bits per heavy atom. The molecule has 0 bridgehead atoms. The molecule has 2 heterocycles. The Morgan fingerprint density at radius 2 is 1.88 bits per heavy atom. The van der Waals surface area contributed by atoms with Gasteiger partial charge in [-0.05, 0) is 30.3 Å². The highest BCUT2D eigenvalue weighted by Crippen LogP contribution is 2.15. The van der Waals surface area contributed by atoms with Crippen molar-refractivity contribution in [1.29, 1.82) is 0 Å². The molecule has 1 aromatic carbocycles. The summed E-state index contributed by atoms with van der Waals surface area (Å²) in [4.78, 5) is 20.4. The van der Waals surface area contributed by atoms with Gasteiger partial charge in [-0.3, -0.25) is 4.79 Å². The monoisotopic (exact) mass is 394 g/mol. The summed E-state index contributed by atoms with van der Waals surface area (Å²) in [6, 6.07) is 11.6. The highest BCUT2D eigenvalue weighted by molar-refractivity contribution is 7.89. The van der Waals surface area contributed by atoms with Crippen LogP contribution in [0.1, 0.15) is 0 Å². The van der Waals surface area contributed by atoms with Gasteiger partial charge in [-0.15, -0.1) is 0 Å². The van der Waals surface area contributed by atoms with Crippen molar-refractivity contribution in [2.75, 3.05) is 37.6 Å². The lowest BCUT2D eigenvalue weighted by molar-refractivity contribution is -0.130. The molecule has 0 saturated carbocycles. The largest absolute Gasteiger partial charge is 0.353 e. The third-order valence-electron chi connectivity index (χ3n) is 4.13. The fraction of sp³-hybridized carbons (Fsp3) is 0.294. The van der Waals surface area contributed by atoms with Crippen LogP contribution in [-0.2, 0) is 14.8 Å². The Balaban J connectivity index is 1.53. The number of aromatic nitrogens is 1. The Hall–Kier alpha value is -2.16. The zero-order chi connectivity index (χ0) is 18.6. The minimum Gasteiger partial charge on any atom is -0.353 e. The number of anilines is 1. The molecule has 1 saturated heterocycles. The van der Waals surface area contributed by atoms with Crippen molar-refractivity contribution in [3.8, 4) is 0 Å². The lowest BCUT2D eigenvalue weighted by Gasteiger charge is -2.35. The van der Waals surface area contributed by atoms with Gasteiger partial charge in [-0.25, -0.2) is 18.1 Å². The standard InChI is InChI=1S/C17H19ClN4O3S/c18-14-4-3-5-15(12-14)26(24,25)20-13-17(23)22-10-8-21(9-11-22)16-6-1-2-7-19-16/h1-7,12,20H,8-11,13H2. The molecule has 0 atom stereocenters. The fourth-order valence-electron chi connectivity index (χ4n) is 2.71. The topological polar surface area (TPSA) is 82.6 Å². The first-order chi connectivity index (χ1) is 12.5. The third kappa shape index (κ3) is 4.51. The summed E-state index contributed by atoms with van der Waals surface area (Å²) in [6.45, 7) is 2.08. The van der Waals surface area contributed by atoms with Gasteiger partial charge in [0.2, 0.25) is 15.9 Å². The van der Waals surface area contributed by atoms with Crippen LogP contribution in [0.2, 0.25) is 5.02 Å². The van der Waals surface area contributed by atoms with Crippen LogP contribution >= 0.6 is 11.6 Å². The molecule has 1 fully saturated rings. The van der Waals surface area contributed by atoms with Gasteiger partial charge < -0.3 is 9.80 Å². The summed E-state index contributed by atoms with van der Waals surface area (Å²) in [7, 11) is -3.77. The summed E-state index contributed by atoms with van der Waals surface area (Å²) >= 11 is 5.82. The number of nitrogens with one attached hydrogen (secondary N) is 1. The molecule has 7 nitrogen and oxygen atoms in total. The Kier molecular flexibility index (Phi) is 5.75. The number of hydrogen-bond acceptors (Lipinski definition) is 5. The first-order valence-corrected chi connectivity index (χ1v) is 10.0. The molecule has 0 unspecified atom stereocenters. The van der Waals surface area contributed by atoms with E-state index in [1.54, 1.807) is 23.2 Å². The summed E-state index contributed by atoms with van der Waals surface area (Å²) in [5, 5.41) is 0.324. The van der Waals surface area contributed by atoms with E-state index in [4.69, 9.17) is 11.6 Å². The maximum absolute atomic E-state index is 12.3. The Bertz CT molecular complexity index is 869. The minimum atomic E-state index is -3.77. The van der Waals surface area contributed by atoms with Crippen molar-refractivity contribution in [2.45, 2.75) is 4.90 Å². The third-order valence-corrected chi connectivity index (χ3v) is 5.76. The van der Waals surface area contributed by atoms with E-state index in [1.807, 2.05) is 18.2 Å². The summed E-state index contributed by atoms with van der Waals surface area (Å²) < 4.78 is 26.8. The maximum Gasteiger partial charge on any atom is 0.241 e. The summed E-state index contributed by atoms with van der Waals surface area (Å²) in [5.41, 5.74) is 0. The molecule has 1 N–H and O–H groups in total. The molecule has 3 rings (SSSR count). The molecule has 0 radical (unpaired) electrons. The van der Waals surface area contributed by atoms with Crippen molar-refractivity contribution in [3.63, 3.8) is 0 Å². The van der Waals surface area contributed by atoms with E-state index in [2.05, 4.69) is 14.6 Å². The molecule has 1 amide bonds. The van der Waals surface area contributed by atoms with Gasteiger partial charge >= 0.3 is 0 Å². The average Bonchev–Trinajstić information content (AvgIpc) is 2.67. The van der Waals surface area contributed by atoms with Crippen molar-refractivity contribution < 1.29 is 13.2 Å². The van der Waals surface area contributed by atoms with Crippen molar-refractivity contribution in [2.24, 2.45) is 0 Å². The van der Waals surface area contributed by atoms with Gasteiger partial charge in [0, 0.05) is 37.4 Å². The number of sulfonamides is 1. The van der Waals surface area contributed by atoms with Crippen LogP contribution in [0.4, 0.5) is 5.82 Å². The van der Waals surface area contributed by atoms with E-state index in [9.17, 15) is 13.2 Å². The van der Waals surface area contributed by atoms with Crippen molar-refractivity contribution >= 4 is 33.3 Å². The molecule has 26 heavy (non-hydrogen) atoms. The van der Waals surface area contributed by atoms with E-state index in [-0.39, 0.29) is 17.3 Å². The van der Waals surface area contributed by atoms with Gasteiger partial charge in [0.05, 0.1) is 11.4 Å². The van der Waals surface area contributed by atoms with Crippen LogP contribution in [0, 0.1) is 0 Å². The zero-order valence-electron chi connectivity index (χ0n) is 14.0. The predicted octanol–water partition coefficient (Wildman–Crippen LogP) is 1.36. The maximum atomic E-state index is 12.3. The number of amides is 1. The number of hydrogen-bond donors (Lipinski definition) is 1. The van der Waals surface area contributed by atoms with Gasteiger partial charge in [0.25, 0.3) is 0 Å². The van der Waals surface area contributed by atoms with E-state index in [1.165, 1.54) is 12.1 Å². The zero-order valence-corrected chi connectivity index (χ0v) is 15.6. The normalized spacial score (nSPS) is 15.1. The van der Waals surface area contributed by atoms with Crippen LogP contribution < -0.4 is 9.62 Å².